The van der Waals surface area contributed by atoms with E-state index in [1.165, 1.54) is 51.4 Å². The number of carboxylic acid groups (broad SMARTS) is 1. The molecule has 1 aliphatic rings. The third-order valence-electron chi connectivity index (χ3n) is 8.63. The van der Waals surface area contributed by atoms with Gasteiger partial charge in [-0.1, -0.05) is 6.07 Å². The Kier molecular flexibility index (Phi) is 13.9. The summed E-state index contributed by atoms with van der Waals surface area (Å²) in [5, 5.41) is 11.6. The van der Waals surface area contributed by atoms with Gasteiger partial charge in [-0.2, -0.15) is 38.1 Å². The minimum Gasteiger partial charge on any atom is -0.465 e. The molecule has 1 aliphatic heterocycles. The average Bonchev–Trinajstić information content (AvgIpc) is 3.52. The molecule has 2 N–H and O–H groups in total. The molecule has 1 fully saturated rings. The number of rotatable bonds is 10. The van der Waals surface area contributed by atoms with Gasteiger partial charge in [0.05, 0.1) is 34.2 Å². The topological polar surface area (TPSA) is 120 Å². The standard InChI is InChI=1S/C28H28F7N3O3S.C7H13NO2S/c1-16-10-20(29)6-7-21(16)22-14-24(36-8-9-42(5,40)41)37-15-23(22)38(4)25(39)26(2,3)17-11-18(27(30,31)32)13-19(12-17)28(33,34)35;1-11-5-6-3-2-4-8(6)7(9)10/h6-7,10-15H,8-9H2,1-5H3,(H,36,37);6H,2-5H2,1H3,(H,9,10)/t;6-/m.0/s1. The Bertz CT molecular complexity index is 1870. The van der Waals surface area contributed by atoms with E-state index in [9.17, 15) is 48.7 Å². The molecule has 9 nitrogen and oxygen atoms in total. The van der Waals surface area contributed by atoms with Gasteiger partial charge in [-0.3, -0.25) is 4.79 Å². The molecular weight excluding hydrogens is 754 g/mol. The maximum atomic E-state index is 13.9. The number of nitrogens with one attached hydrogen (secondary N) is 1. The number of likely N-dealkylation sites (tertiary alicyclic amines) is 1. The minimum absolute atomic E-state index is 0.00586. The van der Waals surface area contributed by atoms with Crippen molar-refractivity contribution in [2.75, 3.05) is 54.4 Å². The van der Waals surface area contributed by atoms with E-state index >= 15 is 0 Å². The van der Waals surface area contributed by atoms with E-state index in [-0.39, 0.29) is 35.9 Å². The fourth-order valence-electron chi connectivity index (χ4n) is 5.74. The van der Waals surface area contributed by atoms with Crippen LogP contribution in [0.4, 0.5) is 47.0 Å². The van der Waals surface area contributed by atoms with E-state index < -0.39 is 62.1 Å². The van der Waals surface area contributed by atoms with Crippen molar-refractivity contribution in [1.29, 1.82) is 0 Å². The van der Waals surface area contributed by atoms with Crippen molar-refractivity contribution in [3.63, 3.8) is 0 Å². The van der Waals surface area contributed by atoms with Crippen molar-refractivity contribution in [3.8, 4) is 11.1 Å². The van der Waals surface area contributed by atoms with E-state index in [0.29, 0.717) is 28.8 Å². The lowest BCUT2D eigenvalue weighted by Crippen LogP contribution is -2.42. The maximum absolute atomic E-state index is 13.9. The first-order valence-electron chi connectivity index (χ1n) is 16.1. The molecule has 0 spiro atoms. The molecule has 53 heavy (non-hydrogen) atoms. The molecular formula is C35H41F7N4O5S2. The zero-order chi connectivity index (χ0) is 40.1. The van der Waals surface area contributed by atoms with Gasteiger partial charge in [0.1, 0.15) is 21.5 Å². The number of anilines is 2. The van der Waals surface area contributed by atoms with Crippen molar-refractivity contribution >= 4 is 45.1 Å². The van der Waals surface area contributed by atoms with Crippen LogP contribution in [0.2, 0.25) is 0 Å². The number of carbonyl (C=O) groups is 2. The molecule has 0 aliphatic carbocycles. The normalized spacial score (nSPS) is 15.1. The summed E-state index contributed by atoms with van der Waals surface area (Å²) in [6, 6.07) is 6.62. The Morgan fingerprint density at radius 3 is 2.09 bits per heavy atom. The largest absolute Gasteiger partial charge is 0.465 e. The number of benzene rings is 2. The number of aromatic nitrogens is 1. The number of pyridine rings is 1. The lowest BCUT2D eigenvalue weighted by atomic mass is 9.81. The van der Waals surface area contributed by atoms with Crippen LogP contribution < -0.4 is 10.2 Å². The second-order valence-electron chi connectivity index (χ2n) is 13.1. The zero-order valence-electron chi connectivity index (χ0n) is 29.8. The van der Waals surface area contributed by atoms with E-state index in [1.54, 1.807) is 23.6 Å². The van der Waals surface area contributed by atoms with Crippen LogP contribution in [0.25, 0.3) is 11.1 Å². The lowest BCUT2D eigenvalue weighted by molar-refractivity contribution is -0.143. The maximum Gasteiger partial charge on any atom is 0.416 e. The molecule has 4 rings (SSSR count). The molecule has 18 heteroatoms. The van der Waals surface area contributed by atoms with E-state index in [1.807, 2.05) is 6.26 Å². The molecule has 292 valence electrons. The molecule has 1 aromatic heterocycles. The fourth-order valence-corrected chi connectivity index (χ4v) is 6.95. The Morgan fingerprint density at radius 2 is 1.58 bits per heavy atom. The SMILES string of the molecule is CSC[C@@H]1CCCN1C(=O)O.Cc1cc(F)ccc1-c1cc(NCCS(C)(=O)=O)ncc1N(C)C(=O)C(C)(C)c1cc(C(F)(F)F)cc(C(F)(F)F)c1. The van der Waals surface area contributed by atoms with Gasteiger partial charge in [0.25, 0.3) is 0 Å². The van der Waals surface area contributed by atoms with Crippen LogP contribution in [-0.4, -0.2) is 85.6 Å². The summed E-state index contributed by atoms with van der Waals surface area (Å²) in [5.74, 6) is -0.435. The Morgan fingerprint density at radius 1 is 1.00 bits per heavy atom. The van der Waals surface area contributed by atoms with E-state index in [4.69, 9.17) is 5.11 Å². The molecule has 2 amide bonds. The highest BCUT2D eigenvalue weighted by atomic mass is 32.2. The van der Waals surface area contributed by atoms with Crippen LogP contribution in [0.3, 0.4) is 0 Å². The first kappa shape index (κ1) is 43.3. The Balaban J connectivity index is 0.000000586. The predicted octanol–water partition coefficient (Wildman–Crippen LogP) is 8.12. The van der Waals surface area contributed by atoms with Crippen molar-refractivity contribution in [2.45, 2.75) is 57.4 Å². The molecule has 0 radical (unpaired) electrons. The molecule has 0 saturated carbocycles. The van der Waals surface area contributed by atoms with E-state index in [0.717, 1.165) is 36.3 Å². The summed E-state index contributed by atoms with van der Waals surface area (Å²) in [5.41, 5.74) is -4.12. The van der Waals surface area contributed by atoms with Crippen LogP contribution in [-0.2, 0) is 32.4 Å². The highest BCUT2D eigenvalue weighted by Crippen LogP contribution is 2.41. The minimum atomic E-state index is -5.10. The van der Waals surface area contributed by atoms with Gasteiger partial charge in [0, 0.05) is 43.8 Å². The van der Waals surface area contributed by atoms with Crippen LogP contribution in [0.1, 0.15) is 48.9 Å². The smallest absolute Gasteiger partial charge is 0.416 e. The summed E-state index contributed by atoms with van der Waals surface area (Å²) in [4.78, 5) is 31.2. The van der Waals surface area contributed by atoms with Crippen molar-refractivity contribution < 1.29 is 53.8 Å². The van der Waals surface area contributed by atoms with Crippen LogP contribution >= 0.6 is 11.8 Å². The number of sulfone groups is 1. The van der Waals surface area contributed by atoms with Crippen molar-refractivity contribution in [3.05, 3.63) is 76.7 Å². The number of hydrogen-bond donors (Lipinski definition) is 2. The summed E-state index contributed by atoms with van der Waals surface area (Å²) < 4.78 is 118. The number of hydrogen-bond acceptors (Lipinski definition) is 7. The second-order valence-corrected chi connectivity index (χ2v) is 16.3. The first-order valence-corrected chi connectivity index (χ1v) is 19.6. The van der Waals surface area contributed by atoms with Gasteiger partial charge < -0.3 is 20.2 Å². The number of amides is 2. The van der Waals surface area contributed by atoms with Crippen LogP contribution in [0.15, 0.2) is 48.7 Å². The van der Waals surface area contributed by atoms with Crippen molar-refractivity contribution in [1.82, 2.24) is 9.88 Å². The summed E-state index contributed by atoms with van der Waals surface area (Å²) >= 11 is 1.72. The number of alkyl halides is 6. The number of aryl methyl sites for hydroxylation is 1. The highest BCUT2D eigenvalue weighted by molar-refractivity contribution is 7.98. The molecule has 2 heterocycles. The predicted molar refractivity (Wildman–Crippen MR) is 192 cm³/mol. The summed E-state index contributed by atoms with van der Waals surface area (Å²) in [6.45, 7) is 4.75. The van der Waals surface area contributed by atoms with Gasteiger partial charge in [0.2, 0.25) is 5.91 Å². The zero-order valence-corrected chi connectivity index (χ0v) is 31.5. The van der Waals surface area contributed by atoms with Crippen LogP contribution in [0.5, 0.6) is 0 Å². The highest BCUT2D eigenvalue weighted by Gasteiger charge is 2.41. The third-order valence-corrected chi connectivity index (χ3v) is 10.3. The van der Waals surface area contributed by atoms with Gasteiger partial charge in [-0.05, 0) is 93.0 Å². The van der Waals surface area contributed by atoms with Gasteiger partial charge in [-0.25, -0.2) is 22.6 Å². The third kappa shape index (κ3) is 11.5. The summed E-state index contributed by atoms with van der Waals surface area (Å²) in [6.07, 6.45) is -4.58. The number of carbonyl (C=O) groups excluding carboxylic acids is 1. The quantitative estimate of drug-likeness (QED) is 0.198. The summed E-state index contributed by atoms with van der Waals surface area (Å²) in [7, 11) is -2.00. The molecule has 1 atom stereocenters. The number of halogens is 7. The van der Waals surface area contributed by atoms with Crippen LogP contribution in [0, 0.1) is 12.7 Å². The Hall–Kier alpha value is -4.06. The Labute approximate surface area is 307 Å². The second kappa shape index (κ2) is 17.0. The van der Waals surface area contributed by atoms with Gasteiger partial charge >= 0.3 is 18.4 Å². The van der Waals surface area contributed by atoms with Crippen molar-refractivity contribution in [2.24, 2.45) is 0 Å². The number of thioether (sulfide) groups is 1. The fraction of sp³-hybridized carbons (Fsp3) is 0.457. The van der Waals surface area contributed by atoms with Gasteiger partial charge in [-0.15, -0.1) is 0 Å². The first-order chi connectivity index (χ1) is 24.4. The molecule has 0 bridgehead atoms. The number of likely N-dealkylation sites (N-methyl/N-ethyl adjacent to an activating group) is 1. The number of nitrogens with zero attached hydrogens (tertiary/aromatic N) is 3. The van der Waals surface area contributed by atoms with E-state index in [2.05, 4.69) is 10.3 Å². The lowest BCUT2D eigenvalue weighted by Gasteiger charge is -2.32. The monoisotopic (exact) mass is 794 g/mol. The molecule has 0 unspecified atom stereocenters. The molecule has 3 aromatic rings. The molecule has 1 saturated heterocycles. The molecule has 2 aromatic carbocycles. The van der Waals surface area contributed by atoms with Gasteiger partial charge in [0.15, 0.2) is 0 Å². The average molecular weight is 795 g/mol.